The molecule has 0 aliphatic carbocycles. The lowest BCUT2D eigenvalue weighted by Crippen LogP contribution is -2.36. The van der Waals surface area contributed by atoms with E-state index in [1.54, 1.807) is 24.4 Å². The topological polar surface area (TPSA) is 91.4 Å². The molecule has 5 rings (SSSR count). The summed E-state index contributed by atoms with van der Waals surface area (Å²) >= 11 is 0. The minimum atomic E-state index is -0.596. The van der Waals surface area contributed by atoms with Crippen molar-refractivity contribution in [1.82, 2.24) is 9.97 Å². The summed E-state index contributed by atoms with van der Waals surface area (Å²) in [7, 11) is 0. The maximum Gasteiger partial charge on any atom is 0.247 e. The molecule has 1 aromatic heterocycles. The van der Waals surface area contributed by atoms with E-state index in [1.807, 2.05) is 35.2 Å². The number of hydrogen-bond donors (Lipinski definition) is 3. The quantitative estimate of drug-likeness (QED) is 0.246. The smallest absolute Gasteiger partial charge is 0.247 e. The molecular weight excluding hydrogens is 502 g/mol. The van der Waals surface area contributed by atoms with Gasteiger partial charge < -0.3 is 25.6 Å². The molecule has 3 N–H and O–H groups in total. The maximum absolute atomic E-state index is 14.6. The van der Waals surface area contributed by atoms with Crippen LogP contribution >= 0.6 is 0 Å². The fourth-order valence-corrected chi connectivity index (χ4v) is 4.15. The molecule has 2 heterocycles. The Balaban J connectivity index is 1.51. The van der Waals surface area contributed by atoms with Crippen molar-refractivity contribution in [3.63, 3.8) is 0 Å². The Morgan fingerprint density at radius 1 is 0.923 bits per heavy atom. The summed E-state index contributed by atoms with van der Waals surface area (Å²) in [6, 6.07) is 18.5. The predicted octanol–water partition coefficient (Wildman–Crippen LogP) is 5.87. The fraction of sp³-hybridized carbons (Fsp3) is 0.138. The van der Waals surface area contributed by atoms with E-state index in [-0.39, 0.29) is 17.5 Å². The Hall–Kier alpha value is -4.83. The summed E-state index contributed by atoms with van der Waals surface area (Å²) in [4.78, 5) is 22.9. The van der Waals surface area contributed by atoms with Crippen LogP contribution in [0, 0.1) is 11.6 Å². The number of halogens is 2. The number of hydrogen-bond acceptors (Lipinski definition) is 7. The number of benzene rings is 3. The van der Waals surface area contributed by atoms with Gasteiger partial charge in [-0.2, -0.15) is 0 Å². The third-order valence-corrected chi connectivity index (χ3v) is 6.08. The molecule has 3 aromatic carbocycles. The van der Waals surface area contributed by atoms with Crippen molar-refractivity contribution in [3.05, 3.63) is 97.2 Å². The van der Waals surface area contributed by atoms with Gasteiger partial charge in [0.1, 0.15) is 11.6 Å². The molecule has 0 radical (unpaired) electrons. The number of para-hydroxylation sites is 1. The first-order valence-corrected chi connectivity index (χ1v) is 12.3. The first-order valence-electron chi connectivity index (χ1n) is 12.3. The van der Waals surface area contributed by atoms with Crippen LogP contribution in [0.15, 0.2) is 85.6 Å². The van der Waals surface area contributed by atoms with Crippen molar-refractivity contribution in [3.8, 4) is 11.3 Å². The second-order valence-electron chi connectivity index (χ2n) is 8.73. The Bertz CT molecular complexity index is 1490. The van der Waals surface area contributed by atoms with Gasteiger partial charge in [0, 0.05) is 30.0 Å². The van der Waals surface area contributed by atoms with Crippen molar-refractivity contribution in [2.75, 3.05) is 47.2 Å². The summed E-state index contributed by atoms with van der Waals surface area (Å²) < 4.78 is 34.5. The number of anilines is 6. The fourth-order valence-electron chi connectivity index (χ4n) is 4.15. The van der Waals surface area contributed by atoms with Crippen LogP contribution in [-0.2, 0) is 9.53 Å². The van der Waals surface area contributed by atoms with Gasteiger partial charge in [-0.1, -0.05) is 24.8 Å². The summed E-state index contributed by atoms with van der Waals surface area (Å²) in [6.45, 7) is 5.67. The number of nitrogens with one attached hydrogen (secondary N) is 3. The monoisotopic (exact) mass is 528 g/mol. The van der Waals surface area contributed by atoms with E-state index < -0.39 is 11.7 Å². The molecule has 1 saturated heterocycles. The van der Waals surface area contributed by atoms with Crippen LogP contribution in [0.3, 0.4) is 0 Å². The zero-order chi connectivity index (χ0) is 27.2. The van der Waals surface area contributed by atoms with Crippen LogP contribution in [0.5, 0.6) is 0 Å². The normalized spacial score (nSPS) is 13.0. The highest BCUT2D eigenvalue weighted by Gasteiger charge is 2.17. The number of rotatable bonds is 8. The number of aromatic nitrogens is 2. The third kappa shape index (κ3) is 6.19. The SMILES string of the molecule is C=CC(=O)Nc1cc(-c2nc(Nc3ccc(F)c(N4CCOCC4)c3)ncc2Nc2ccccc2)ccc1F. The number of ether oxygens (including phenoxy) is 1. The van der Waals surface area contributed by atoms with Crippen molar-refractivity contribution >= 4 is 40.3 Å². The highest BCUT2D eigenvalue weighted by molar-refractivity contribution is 5.99. The average molecular weight is 529 g/mol. The van der Waals surface area contributed by atoms with Crippen LogP contribution in [0.25, 0.3) is 11.3 Å². The molecule has 1 fully saturated rings. The summed E-state index contributed by atoms with van der Waals surface area (Å²) in [5.41, 5.74) is 3.42. The van der Waals surface area contributed by atoms with Gasteiger partial charge in [0.25, 0.3) is 0 Å². The van der Waals surface area contributed by atoms with Crippen molar-refractivity contribution in [2.24, 2.45) is 0 Å². The summed E-state index contributed by atoms with van der Waals surface area (Å²) in [5, 5.41) is 8.91. The summed E-state index contributed by atoms with van der Waals surface area (Å²) in [6.07, 6.45) is 2.67. The maximum atomic E-state index is 14.6. The molecule has 1 amide bonds. The highest BCUT2D eigenvalue weighted by Crippen LogP contribution is 2.33. The van der Waals surface area contributed by atoms with Gasteiger partial charge in [-0.25, -0.2) is 18.7 Å². The lowest BCUT2D eigenvalue weighted by molar-refractivity contribution is -0.111. The molecule has 1 aliphatic rings. The number of carbonyl (C=O) groups is 1. The first-order chi connectivity index (χ1) is 19.0. The second-order valence-corrected chi connectivity index (χ2v) is 8.73. The molecule has 0 unspecified atom stereocenters. The van der Waals surface area contributed by atoms with Gasteiger partial charge in [0.15, 0.2) is 0 Å². The zero-order valence-corrected chi connectivity index (χ0v) is 21.0. The molecule has 0 bridgehead atoms. The molecule has 198 valence electrons. The predicted molar refractivity (Wildman–Crippen MR) is 149 cm³/mol. The Kier molecular flexibility index (Phi) is 7.74. The zero-order valence-electron chi connectivity index (χ0n) is 21.0. The number of amides is 1. The lowest BCUT2D eigenvalue weighted by atomic mass is 10.1. The van der Waals surface area contributed by atoms with Crippen molar-refractivity contribution in [1.29, 1.82) is 0 Å². The van der Waals surface area contributed by atoms with Crippen molar-refractivity contribution < 1.29 is 18.3 Å². The first kappa shape index (κ1) is 25.8. The molecule has 4 aromatic rings. The van der Waals surface area contributed by atoms with Gasteiger partial charge in [-0.05, 0) is 54.6 Å². The van der Waals surface area contributed by atoms with E-state index in [1.165, 1.54) is 18.2 Å². The van der Waals surface area contributed by atoms with E-state index in [4.69, 9.17) is 9.72 Å². The largest absolute Gasteiger partial charge is 0.378 e. The number of morpholine rings is 1. The lowest BCUT2D eigenvalue weighted by Gasteiger charge is -2.29. The standard InChI is InChI=1S/C29H26F2N6O2/c1-2-27(38)35-24-16-19(8-10-22(24)30)28-25(33-20-6-4-3-5-7-20)18-32-29(36-28)34-21-9-11-23(31)26(17-21)37-12-14-39-15-13-37/h2-11,16-18,33H,1,12-15H2,(H,35,38)(H,32,34,36). The third-order valence-electron chi connectivity index (χ3n) is 6.08. The minimum absolute atomic E-state index is 0.00938. The Labute approximate surface area is 224 Å². The van der Waals surface area contributed by atoms with Crippen LogP contribution < -0.4 is 20.9 Å². The number of carbonyl (C=O) groups excluding carboxylic acids is 1. The molecule has 10 heteroatoms. The van der Waals surface area contributed by atoms with Crippen molar-refractivity contribution in [2.45, 2.75) is 0 Å². The molecular formula is C29H26F2N6O2. The van der Waals surface area contributed by atoms with E-state index in [0.717, 1.165) is 11.8 Å². The summed E-state index contributed by atoms with van der Waals surface area (Å²) in [5.74, 6) is -1.21. The number of nitrogens with zero attached hydrogens (tertiary/aromatic N) is 3. The van der Waals surface area contributed by atoms with Gasteiger partial charge in [-0.3, -0.25) is 4.79 Å². The van der Waals surface area contributed by atoms with Gasteiger partial charge in [-0.15, -0.1) is 0 Å². The van der Waals surface area contributed by atoms with E-state index in [2.05, 4.69) is 27.5 Å². The molecule has 0 spiro atoms. The average Bonchev–Trinajstić information content (AvgIpc) is 2.97. The molecule has 0 saturated carbocycles. The second kappa shape index (κ2) is 11.7. The Morgan fingerprint density at radius 3 is 2.46 bits per heavy atom. The molecule has 1 aliphatic heterocycles. The van der Waals surface area contributed by atoms with Crippen LogP contribution in [0.1, 0.15) is 0 Å². The van der Waals surface area contributed by atoms with Crippen LogP contribution in [-0.4, -0.2) is 42.2 Å². The van der Waals surface area contributed by atoms with Gasteiger partial charge in [0.05, 0.1) is 42.2 Å². The van der Waals surface area contributed by atoms with E-state index in [0.29, 0.717) is 54.6 Å². The Morgan fingerprint density at radius 2 is 1.69 bits per heavy atom. The highest BCUT2D eigenvalue weighted by atomic mass is 19.1. The molecule has 8 nitrogen and oxygen atoms in total. The van der Waals surface area contributed by atoms with Crippen LogP contribution in [0.2, 0.25) is 0 Å². The minimum Gasteiger partial charge on any atom is -0.378 e. The van der Waals surface area contributed by atoms with Gasteiger partial charge in [0.2, 0.25) is 11.9 Å². The van der Waals surface area contributed by atoms with E-state index >= 15 is 0 Å². The molecule has 39 heavy (non-hydrogen) atoms. The van der Waals surface area contributed by atoms with E-state index in [9.17, 15) is 13.6 Å². The van der Waals surface area contributed by atoms with Crippen LogP contribution in [0.4, 0.5) is 43.2 Å². The molecule has 0 atom stereocenters. The van der Waals surface area contributed by atoms with Gasteiger partial charge >= 0.3 is 0 Å².